The lowest BCUT2D eigenvalue weighted by molar-refractivity contribution is -0.132. The lowest BCUT2D eigenvalue weighted by Gasteiger charge is -2.23. The highest BCUT2D eigenvalue weighted by Crippen LogP contribution is 2.12. The topological polar surface area (TPSA) is 70.1 Å². The lowest BCUT2D eigenvalue weighted by atomic mass is 10.1. The Labute approximate surface area is 114 Å². The van der Waals surface area contributed by atoms with E-state index in [0.717, 1.165) is 12.0 Å². The van der Waals surface area contributed by atoms with Crippen LogP contribution in [0.25, 0.3) is 0 Å². The van der Waals surface area contributed by atoms with Crippen LogP contribution < -0.4 is 5.73 Å². The van der Waals surface area contributed by atoms with Crippen molar-refractivity contribution in [2.75, 3.05) is 6.54 Å². The Morgan fingerprint density at radius 2 is 2.11 bits per heavy atom. The van der Waals surface area contributed by atoms with E-state index in [-0.39, 0.29) is 11.9 Å². The molecule has 1 aromatic rings. The minimum Gasteiger partial charge on any atom is -0.339 e. The average Bonchev–Trinajstić information content (AvgIpc) is 2.44. The van der Waals surface area contributed by atoms with Crippen molar-refractivity contribution in [3.8, 4) is 6.07 Å². The van der Waals surface area contributed by atoms with Crippen LogP contribution in [-0.4, -0.2) is 23.4 Å². The number of carbonyl (C=O) groups is 1. The molecule has 102 valence electrons. The highest BCUT2D eigenvalue weighted by Gasteiger charge is 2.16. The summed E-state index contributed by atoms with van der Waals surface area (Å²) in [5, 5.41) is 9.05. The fraction of sp³-hybridized carbons (Fsp3) is 0.467. The van der Waals surface area contributed by atoms with Crippen LogP contribution in [0.4, 0.5) is 0 Å². The van der Waals surface area contributed by atoms with Gasteiger partial charge < -0.3 is 10.6 Å². The molecule has 0 saturated heterocycles. The third-order valence-corrected chi connectivity index (χ3v) is 3.19. The van der Waals surface area contributed by atoms with Gasteiger partial charge in [0.15, 0.2) is 0 Å². The number of benzene rings is 1. The zero-order chi connectivity index (χ0) is 14.3. The third kappa shape index (κ3) is 4.38. The molecule has 1 unspecified atom stereocenters. The number of carbonyl (C=O) groups excluding carboxylic acids is 1. The fourth-order valence-corrected chi connectivity index (χ4v) is 1.85. The molecule has 0 spiro atoms. The summed E-state index contributed by atoms with van der Waals surface area (Å²) < 4.78 is 0. The number of rotatable bonds is 6. The van der Waals surface area contributed by atoms with E-state index in [4.69, 9.17) is 11.0 Å². The Morgan fingerprint density at radius 1 is 1.42 bits per heavy atom. The first kappa shape index (κ1) is 15.2. The zero-order valence-electron chi connectivity index (χ0n) is 11.6. The second-order valence-electron chi connectivity index (χ2n) is 4.55. The van der Waals surface area contributed by atoms with Crippen LogP contribution >= 0.6 is 0 Å². The van der Waals surface area contributed by atoms with Gasteiger partial charge in [0.25, 0.3) is 0 Å². The molecule has 1 atom stereocenters. The predicted octanol–water partition coefficient (Wildman–Crippen LogP) is 2.03. The van der Waals surface area contributed by atoms with Gasteiger partial charge in [-0.2, -0.15) is 5.26 Å². The number of hydrogen-bond donors (Lipinski definition) is 1. The van der Waals surface area contributed by atoms with Crippen molar-refractivity contribution in [2.45, 2.75) is 39.3 Å². The van der Waals surface area contributed by atoms with Crippen LogP contribution in [0.2, 0.25) is 0 Å². The molecular weight excluding hydrogens is 238 g/mol. The molecule has 0 fully saturated rings. The van der Waals surface area contributed by atoms with Crippen LogP contribution in [0.3, 0.4) is 0 Å². The summed E-state index contributed by atoms with van der Waals surface area (Å²) in [6, 6.07) is 9.42. The van der Waals surface area contributed by atoms with E-state index in [2.05, 4.69) is 6.07 Å². The first-order valence-electron chi connectivity index (χ1n) is 6.63. The zero-order valence-corrected chi connectivity index (χ0v) is 11.6. The summed E-state index contributed by atoms with van der Waals surface area (Å²) in [5.41, 5.74) is 7.31. The molecule has 0 heterocycles. The van der Waals surface area contributed by atoms with E-state index in [1.54, 1.807) is 11.0 Å². The Balaban J connectivity index is 2.77. The minimum absolute atomic E-state index is 0.0459. The van der Waals surface area contributed by atoms with Crippen molar-refractivity contribution in [1.82, 2.24) is 4.90 Å². The van der Waals surface area contributed by atoms with Crippen molar-refractivity contribution >= 4 is 5.91 Å². The van der Waals surface area contributed by atoms with E-state index in [9.17, 15) is 4.79 Å². The van der Waals surface area contributed by atoms with Gasteiger partial charge in [-0.1, -0.05) is 25.1 Å². The van der Waals surface area contributed by atoms with E-state index in [1.807, 2.05) is 32.0 Å². The Bertz CT molecular complexity index is 465. The van der Waals surface area contributed by atoms with Gasteiger partial charge in [0.1, 0.15) is 0 Å². The van der Waals surface area contributed by atoms with Crippen molar-refractivity contribution < 1.29 is 4.79 Å². The van der Waals surface area contributed by atoms with Gasteiger partial charge in [-0.3, -0.25) is 4.79 Å². The highest BCUT2D eigenvalue weighted by atomic mass is 16.2. The molecule has 4 nitrogen and oxygen atoms in total. The van der Waals surface area contributed by atoms with Crippen LogP contribution in [0.15, 0.2) is 24.3 Å². The molecular formula is C15H21N3O. The minimum atomic E-state index is -0.0900. The summed E-state index contributed by atoms with van der Waals surface area (Å²) >= 11 is 0. The van der Waals surface area contributed by atoms with Crippen molar-refractivity contribution in [1.29, 1.82) is 5.26 Å². The molecule has 19 heavy (non-hydrogen) atoms. The molecule has 0 saturated carbocycles. The number of nitrogens with two attached hydrogens (primary N) is 1. The van der Waals surface area contributed by atoms with E-state index in [1.165, 1.54) is 0 Å². The largest absolute Gasteiger partial charge is 0.339 e. The van der Waals surface area contributed by atoms with Gasteiger partial charge in [-0.15, -0.1) is 0 Å². The maximum absolute atomic E-state index is 12.1. The predicted molar refractivity (Wildman–Crippen MR) is 75.1 cm³/mol. The van der Waals surface area contributed by atoms with Crippen molar-refractivity contribution in [3.63, 3.8) is 0 Å². The maximum Gasteiger partial charge on any atom is 0.224 e. The molecule has 0 aliphatic heterocycles. The van der Waals surface area contributed by atoms with Crippen molar-refractivity contribution in [3.05, 3.63) is 35.4 Å². The Hall–Kier alpha value is -1.86. The first-order chi connectivity index (χ1) is 9.12. The second kappa shape index (κ2) is 7.55. The van der Waals surface area contributed by atoms with Gasteiger partial charge in [-0.05, 0) is 25.0 Å². The Kier molecular flexibility index (Phi) is 6.04. The maximum atomic E-state index is 12.1. The number of hydrogen-bond acceptors (Lipinski definition) is 3. The standard InChI is InChI=1S/C15H21N3O/c1-3-14(17)9-15(19)18(4-2)11-13-8-6-5-7-12(13)10-16/h5-8,14H,3-4,9,11,17H2,1-2H3. The Morgan fingerprint density at radius 3 is 2.68 bits per heavy atom. The molecule has 0 aromatic heterocycles. The fourth-order valence-electron chi connectivity index (χ4n) is 1.85. The molecule has 0 bridgehead atoms. The average molecular weight is 259 g/mol. The van der Waals surface area contributed by atoms with Gasteiger partial charge in [0.05, 0.1) is 11.6 Å². The highest BCUT2D eigenvalue weighted by molar-refractivity contribution is 5.76. The van der Waals surface area contributed by atoms with E-state index >= 15 is 0 Å². The van der Waals surface area contributed by atoms with Crippen LogP contribution in [0, 0.1) is 11.3 Å². The monoisotopic (exact) mass is 259 g/mol. The second-order valence-corrected chi connectivity index (χ2v) is 4.55. The van der Waals surface area contributed by atoms with Gasteiger partial charge in [0, 0.05) is 25.6 Å². The summed E-state index contributed by atoms with van der Waals surface area (Å²) in [5.74, 6) is 0.0459. The smallest absolute Gasteiger partial charge is 0.224 e. The lowest BCUT2D eigenvalue weighted by Crippen LogP contribution is -2.35. The van der Waals surface area contributed by atoms with Crippen LogP contribution in [-0.2, 0) is 11.3 Å². The van der Waals surface area contributed by atoms with Crippen LogP contribution in [0.5, 0.6) is 0 Å². The quantitative estimate of drug-likeness (QED) is 0.849. The third-order valence-electron chi connectivity index (χ3n) is 3.19. The molecule has 4 heteroatoms. The van der Waals surface area contributed by atoms with E-state index in [0.29, 0.717) is 25.1 Å². The number of nitrogens with zero attached hydrogens (tertiary/aromatic N) is 2. The normalized spacial score (nSPS) is 11.7. The molecule has 2 N–H and O–H groups in total. The van der Waals surface area contributed by atoms with Crippen molar-refractivity contribution in [2.24, 2.45) is 5.73 Å². The summed E-state index contributed by atoms with van der Waals surface area (Å²) in [4.78, 5) is 13.9. The van der Waals surface area contributed by atoms with Gasteiger partial charge in [-0.25, -0.2) is 0 Å². The first-order valence-corrected chi connectivity index (χ1v) is 6.63. The molecule has 0 aliphatic carbocycles. The van der Waals surface area contributed by atoms with E-state index < -0.39 is 0 Å². The van der Waals surface area contributed by atoms with Gasteiger partial charge in [0.2, 0.25) is 5.91 Å². The van der Waals surface area contributed by atoms with Gasteiger partial charge >= 0.3 is 0 Å². The number of nitriles is 1. The molecule has 1 rings (SSSR count). The molecule has 1 aromatic carbocycles. The molecule has 0 aliphatic rings. The molecule has 0 radical (unpaired) electrons. The summed E-state index contributed by atoms with van der Waals surface area (Å²) in [6.07, 6.45) is 1.15. The molecule has 1 amide bonds. The number of amides is 1. The summed E-state index contributed by atoms with van der Waals surface area (Å²) in [6.45, 7) is 4.99. The van der Waals surface area contributed by atoms with Crippen LogP contribution in [0.1, 0.15) is 37.8 Å². The summed E-state index contributed by atoms with van der Waals surface area (Å²) in [7, 11) is 0. The SMILES string of the molecule is CCC(N)CC(=O)N(CC)Cc1ccccc1C#N.